The summed E-state index contributed by atoms with van der Waals surface area (Å²) in [7, 11) is 0. The summed E-state index contributed by atoms with van der Waals surface area (Å²) in [6, 6.07) is 24.0. The fourth-order valence-corrected chi connectivity index (χ4v) is 3.47. The lowest BCUT2D eigenvalue weighted by molar-refractivity contribution is 1.40. The molecule has 5 heteroatoms. The van der Waals surface area contributed by atoms with Crippen molar-refractivity contribution in [3.63, 3.8) is 0 Å². The van der Waals surface area contributed by atoms with Gasteiger partial charge in [-0.3, -0.25) is 0 Å². The molecule has 0 aliphatic heterocycles. The first-order valence-electron chi connectivity index (χ1n) is 7.77. The molecule has 0 radical (unpaired) electrons. The van der Waals surface area contributed by atoms with Crippen LogP contribution in [0.25, 0.3) is 0 Å². The second-order valence-electron chi connectivity index (χ2n) is 5.50. The zero-order chi connectivity index (χ0) is 17.6. The molecule has 0 bridgehead atoms. The van der Waals surface area contributed by atoms with Crippen molar-refractivity contribution in [1.29, 1.82) is 0 Å². The molecule has 0 fully saturated rings. The molecule has 3 aromatic rings. The van der Waals surface area contributed by atoms with Gasteiger partial charge < -0.3 is 10.6 Å². The highest BCUT2D eigenvalue weighted by Crippen LogP contribution is 2.33. The zero-order valence-corrected chi connectivity index (χ0v) is 16.0. The summed E-state index contributed by atoms with van der Waals surface area (Å²) in [5.74, 6) is 0. The summed E-state index contributed by atoms with van der Waals surface area (Å²) in [6.45, 7) is 2.06. The third kappa shape index (κ3) is 5.23. The maximum Gasteiger partial charge on any atom is 0.175 e. The van der Waals surface area contributed by atoms with Crippen molar-refractivity contribution < 1.29 is 0 Å². The molecule has 126 valence electrons. The molecule has 0 heterocycles. The Morgan fingerprint density at radius 1 is 0.880 bits per heavy atom. The standard InChI is InChI=1S/C20H17ClN2S2/c1-14-6-10-16(11-7-14)22-20(24)23-18-4-2-3-5-19(18)25-17-12-8-15(21)9-13-17/h2-13H,1H3,(H2,22,23,24). The van der Waals surface area contributed by atoms with Gasteiger partial charge in [0.25, 0.3) is 0 Å². The van der Waals surface area contributed by atoms with E-state index in [1.807, 2.05) is 54.6 Å². The minimum Gasteiger partial charge on any atom is -0.332 e. The molecule has 3 aromatic carbocycles. The van der Waals surface area contributed by atoms with Crippen LogP contribution in [0.1, 0.15) is 5.56 Å². The van der Waals surface area contributed by atoms with Crippen LogP contribution in [0.5, 0.6) is 0 Å². The SMILES string of the molecule is Cc1ccc(NC(=S)Nc2ccccc2Sc2ccc(Cl)cc2)cc1. The second kappa shape index (κ2) is 8.39. The van der Waals surface area contributed by atoms with Gasteiger partial charge in [0.1, 0.15) is 0 Å². The summed E-state index contributed by atoms with van der Waals surface area (Å²) in [5.41, 5.74) is 3.15. The first-order chi connectivity index (χ1) is 12.1. The van der Waals surface area contributed by atoms with Crippen molar-refractivity contribution in [2.75, 3.05) is 10.6 Å². The third-order valence-corrected chi connectivity index (χ3v) is 5.03. The number of halogens is 1. The van der Waals surface area contributed by atoms with Crippen LogP contribution < -0.4 is 10.6 Å². The lowest BCUT2D eigenvalue weighted by atomic mass is 10.2. The van der Waals surface area contributed by atoms with Crippen LogP contribution in [0.3, 0.4) is 0 Å². The van der Waals surface area contributed by atoms with E-state index >= 15 is 0 Å². The van der Waals surface area contributed by atoms with Crippen molar-refractivity contribution in [3.05, 3.63) is 83.4 Å². The minimum absolute atomic E-state index is 0.563. The highest BCUT2D eigenvalue weighted by molar-refractivity contribution is 7.99. The highest BCUT2D eigenvalue weighted by Gasteiger charge is 2.06. The fourth-order valence-electron chi connectivity index (χ4n) is 2.21. The van der Waals surface area contributed by atoms with Crippen LogP contribution in [0.15, 0.2) is 82.6 Å². The average molecular weight is 385 g/mol. The van der Waals surface area contributed by atoms with Gasteiger partial charge in [0, 0.05) is 20.5 Å². The maximum atomic E-state index is 5.95. The van der Waals surface area contributed by atoms with Gasteiger partial charge in [-0.1, -0.05) is 53.2 Å². The van der Waals surface area contributed by atoms with Gasteiger partial charge in [0.05, 0.1) is 5.69 Å². The molecule has 0 unspecified atom stereocenters. The Morgan fingerprint density at radius 2 is 1.56 bits per heavy atom. The quantitative estimate of drug-likeness (QED) is 0.494. The number of rotatable bonds is 4. The van der Waals surface area contributed by atoms with Crippen LogP contribution in [-0.4, -0.2) is 5.11 Å². The van der Waals surface area contributed by atoms with Crippen LogP contribution in [-0.2, 0) is 0 Å². The molecule has 3 rings (SSSR count). The highest BCUT2D eigenvalue weighted by atomic mass is 35.5. The molecule has 2 N–H and O–H groups in total. The van der Waals surface area contributed by atoms with Gasteiger partial charge in [-0.05, 0) is 67.7 Å². The van der Waals surface area contributed by atoms with E-state index in [0.717, 1.165) is 26.2 Å². The van der Waals surface area contributed by atoms with E-state index in [-0.39, 0.29) is 0 Å². The number of benzene rings is 3. The Morgan fingerprint density at radius 3 is 2.28 bits per heavy atom. The lowest BCUT2D eigenvalue weighted by Crippen LogP contribution is -2.19. The number of anilines is 2. The van der Waals surface area contributed by atoms with Crippen LogP contribution in [0.4, 0.5) is 11.4 Å². The van der Waals surface area contributed by atoms with Gasteiger partial charge in [-0.25, -0.2) is 0 Å². The molecular weight excluding hydrogens is 368 g/mol. The van der Waals surface area contributed by atoms with Crippen LogP contribution in [0, 0.1) is 6.92 Å². The molecule has 2 nitrogen and oxygen atoms in total. The van der Waals surface area contributed by atoms with E-state index in [1.54, 1.807) is 11.8 Å². The summed E-state index contributed by atoms with van der Waals surface area (Å²) in [4.78, 5) is 2.22. The van der Waals surface area contributed by atoms with Crippen molar-refractivity contribution in [1.82, 2.24) is 0 Å². The van der Waals surface area contributed by atoms with Crippen molar-refractivity contribution in [2.45, 2.75) is 16.7 Å². The van der Waals surface area contributed by atoms with E-state index in [1.165, 1.54) is 5.56 Å². The summed E-state index contributed by atoms with van der Waals surface area (Å²) in [6.07, 6.45) is 0. The first-order valence-corrected chi connectivity index (χ1v) is 9.37. The van der Waals surface area contributed by atoms with Crippen molar-refractivity contribution in [2.24, 2.45) is 0 Å². The van der Waals surface area contributed by atoms with E-state index in [2.05, 4.69) is 35.8 Å². The zero-order valence-electron chi connectivity index (χ0n) is 13.6. The molecule has 0 spiro atoms. The smallest absolute Gasteiger partial charge is 0.175 e. The maximum absolute atomic E-state index is 5.95. The fraction of sp³-hybridized carbons (Fsp3) is 0.0500. The number of para-hydroxylation sites is 1. The molecular formula is C20H17ClN2S2. The number of nitrogens with one attached hydrogen (secondary N) is 2. The van der Waals surface area contributed by atoms with Gasteiger partial charge in [0.2, 0.25) is 0 Å². The Kier molecular flexibility index (Phi) is 5.97. The Labute approximate surface area is 162 Å². The molecule has 0 amide bonds. The number of aryl methyl sites for hydroxylation is 1. The predicted molar refractivity (Wildman–Crippen MR) is 113 cm³/mol. The van der Waals surface area contributed by atoms with E-state index in [0.29, 0.717) is 5.11 Å². The lowest BCUT2D eigenvalue weighted by Gasteiger charge is -2.14. The van der Waals surface area contributed by atoms with Crippen molar-refractivity contribution >= 4 is 52.1 Å². The third-order valence-electron chi connectivity index (χ3n) is 3.49. The molecule has 0 saturated heterocycles. The molecule has 0 atom stereocenters. The second-order valence-corrected chi connectivity index (χ2v) is 7.46. The summed E-state index contributed by atoms with van der Waals surface area (Å²) in [5, 5.41) is 7.79. The van der Waals surface area contributed by atoms with E-state index < -0.39 is 0 Å². The number of hydrogen-bond donors (Lipinski definition) is 2. The van der Waals surface area contributed by atoms with Crippen molar-refractivity contribution in [3.8, 4) is 0 Å². The minimum atomic E-state index is 0.563. The van der Waals surface area contributed by atoms with Gasteiger partial charge in [-0.2, -0.15) is 0 Å². The predicted octanol–water partition coefficient (Wildman–Crippen LogP) is 6.61. The van der Waals surface area contributed by atoms with E-state index in [4.69, 9.17) is 23.8 Å². The molecule has 25 heavy (non-hydrogen) atoms. The Bertz CT molecular complexity index is 862. The van der Waals surface area contributed by atoms with Crippen LogP contribution in [0.2, 0.25) is 5.02 Å². The Hall–Kier alpha value is -2.01. The van der Waals surface area contributed by atoms with E-state index in [9.17, 15) is 0 Å². The number of thiocarbonyl (C=S) groups is 1. The monoisotopic (exact) mass is 384 g/mol. The summed E-state index contributed by atoms with van der Waals surface area (Å²) < 4.78 is 0. The Balaban J connectivity index is 1.70. The summed E-state index contributed by atoms with van der Waals surface area (Å²) >= 11 is 13.1. The van der Waals surface area contributed by atoms with Gasteiger partial charge >= 0.3 is 0 Å². The first kappa shape index (κ1) is 17.8. The largest absolute Gasteiger partial charge is 0.332 e. The van der Waals surface area contributed by atoms with Crippen LogP contribution >= 0.6 is 35.6 Å². The molecule has 0 aliphatic rings. The van der Waals surface area contributed by atoms with Gasteiger partial charge in [0.15, 0.2) is 5.11 Å². The van der Waals surface area contributed by atoms with Gasteiger partial charge in [-0.15, -0.1) is 0 Å². The average Bonchev–Trinajstić information content (AvgIpc) is 2.61. The topological polar surface area (TPSA) is 24.1 Å². The molecule has 0 saturated carbocycles. The normalized spacial score (nSPS) is 10.3. The molecule has 0 aliphatic carbocycles. The molecule has 0 aromatic heterocycles. The number of hydrogen-bond acceptors (Lipinski definition) is 2.